The van der Waals surface area contributed by atoms with Crippen molar-refractivity contribution in [2.24, 2.45) is 0 Å². The van der Waals surface area contributed by atoms with Gasteiger partial charge in [0.05, 0.1) is 26.4 Å². The van der Waals surface area contributed by atoms with E-state index in [0.717, 1.165) is 77.0 Å². The minimum atomic E-state index is -4.66. The first-order valence-corrected chi connectivity index (χ1v) is 27.0. The van der Waals surface area contributed by atoms with Gasteiger partial charge in [-0.25, -0.2) is 4.57 Å². The lowest BCUT2D eigenvalue weighted by Gasteiger charge is -2.20. The lowest BCUT2D eigenvalue weighted by molar-refractivity contribution is -0.153. The minimum Gasteiger partial charge on any atom is -0.457 e. The van der Waals surface area contributed by atoms with Gasteiger partial charge in [0.15, 0.2) is 0 Å². The van der Waals surface area contributed by atoms with Crippen LogP contribution in [0.3, 0.4) is 0 Å². The van der Waals surface area contributed by atoms with Crippen LogP contribution in [0.15, 0.2) is 85.1 Å². The number of esters is 2. The van der Waals surface area contributed by atoms with Crippen molar-refractivity contribution in [2.45, 2.75) is 219 Å². The Morgan fingerprint density at radius 3 is 1.06 bits per heavy atom. The number of allylic oxidation sites excluding steroid dienone is 14. The first-order chi connectivity index (χ1) is 31.8. The fourth-order valence-corrected chi connectivity index (χ4v) is 7.49. The first kappa shape index (κ1) is 62.1. The summed E-state index contributed by atoms with van der Waals surface area (Å²) in [6.07, 6.45) is 59.8. The number of aliphatic hydroxyl groups excluding tert-OH is 2. The predicted molar refractivity (Wildman–Crippen MR) is 269 cm³/mol. The molecule has 374 valence electrons. The molecular formula is C54H93O10P. The van der Waals surface area contributed by atoms with Gasteiger partial charge in [-0.3, -0.25) is 18.6 Å². The third-order valence-electron chi connectivity index (χ3n) is 10.6. The lowest BCUT2D eigenvalue weighted by Crippen LogP contribution is -2.28. The van der Waals surface area contributed by atoms with Crippen LogP contribution in [0.1, 0.15) is 206 Å². The van der Waals surface area contributed by atoms with E-state index in [1.807, 2.05) is 0 Å². The first-order valence-electron chi connectivity index (χ1n) is 25.5. The maximum atomic E-state index is 12.4. The number of aliphatic hydroxyl groups is 2. The van der Waals surface area contributed by atoms with Crippen LogP contribution >= 0.6 is 7.82 Å². The fourth-order valence-electron chi connectivity index (χ4n) is 6.70. The summed E-state index contributed by atoms with van der Waals surface area (Å²) < 4.78 is 32.7. The smallest absolute Gasteiger partial charge is 0.457 e. The van der Waals surface area contributed by atoms with Gasteiger partial charge < -0.3 is 24.6 Å². The Bertz CT molecular complexity index is 1350. The lowest BCUT2D eigenvalue weighted by atomic mass is 10.0. The van der Waals surface area contributed by atoms with Gasteiger partial charge in [0.1, 0.15) is 12.2 Å². The summed E-state index contributed by atoms with van der Waals surface area (Å²) in [7, 11) is -4.66. The monoisotopic (exact) mass is 933 g/mol. The molecule has 0 bridgehead atoms. The molecule has 10 nitrogen and oxygen atoms in total. The average molecular weight is 933 g/mol. The van der Waals surface area contributed by atoms with Gasteiger partial charge in [0, 0.05) is 12.8 Å². The summed E-state index contributed by atoms with van der Waals surface area (Å²) in [4.78, 5) is 34.7. The molecule has 0 aromatic rings. The molecule has 0 aromatic heterocycles. The van der Waals surface area contributed by atoms with Crippen LogP contribution < -0.4 is 0 Å². The molecule has 0 heterocycles. The Kier molecular flexibility index (Phi) is 46.9. The number of hydrogen-bond acceptors (Lipinski definition) is 9. The minimum absolute atomic E-state index is 0.149. The van der Waals surface area contributed by atoms with Crippen molar-refractivity contribution in [2.75, 3.05) is 26.4 Å². The number of unbranched alkanes of at least 4 members (excludes halogenated alkanes) is 19. The zero-order valence-electron chi connectivity index (χ0n) is 40.9. The maximum absolute atomic E-state index is 12.4. The number of carbonyl (C=O) groups is 2. The summed E-state index contributed by atoms with van der Waals surface area (Å²) in [6, 6.07) is 0. The van der Waals surface area contributed by atoms with Crippen LogP contribution in [0.4, 0.5) is 0 Å². The van der Waals surface area contributed by atoms with Gasteiger partial charge in [0.25, 0.3) is 0 Å². The number of carbonyl (C=O) groups excluding carboxylic acids is 2. The molecule has 11 heteroatoms. The van der Waals surface area contributed by atoms with E-state index in [0.29, 0.717) is 12.8 Å². The molecule has 3 N–H and O–H groups in total. The molecule has 0 saturated heterocycles. The Morgan fingerprint density at radius 1 is 0.431 bits per heavy atom. The second kappa shape index (κ2) is 49.1. The van der Waals surface area contributed by atoms with Gasteiger partial charge in [0.2, 0.25) is 0 Å². The normalized spacial score (nSPS) is 14.4. The van der Waals surface area contributed by atoms with Crippen molar-refractivity contribution in [1.82, 2.24) is 0 Å². The van der Waals surface area contributed by atoms with E-state index < -0.39 is 58.4 Å². The largest absolute Gasteiger partial charge is 0.472 e. The summed E-state index contributed by atoms with van der Waals surface area (Å²) >= 11 is 0. The van der Waals surface area contributed by atoms with Gasteiger partial charge in [-0.05, 0) is 89.9 Å². The fraction of sp³-hybridized carbons (Fsp3) is 0.704. The molecule has 0 aliphatic rings. The molecule has 0 aliphatic carbocycles. The molecule has 0 fully saturated rings. The van der Waals surface area contributed by atoms with E-state index in [4.69, 9.17) is 18.5 Å². The number of hydrogen-bond donors (Lipinski definition) is 3. The predicted octanol–water partition coefficient (Wildman–Crippen LogP) is 14.6. The van der Waals surface area contributed by atoms with E-state index in [1.54, 1.807) is 0 Å². The highest BCUT2D eigenvalue weighted by Crippen LogP contribution is 2.43. The number of phosphoric ester groups is 1. The van der Waals surface area contributed by atoms with Crippen molar-refractivity contribution in [3.05, 3.63) is 85.1 Å². The summed E-state index contributed by atoms with van der Waals surface area (Å²) in [5.74, 6) is -1.06. The average Bonchev–Trinajstić information content (AvgIpc) is 3.30. The topological polar surface area (TPSA) is 149 Å². The van der Waals surface area contributed by atoms with Crippen molar-refractivity contribution in [3.63, 3.8) is 0 Å². The van der Waals surface area contributed by atoms with Crippen molar-refractivity contribution >= 4 is 19.8 Å². The molecule has 0 aromatic carbocycles. The summed E-state index contributed by atoms with van der Waals surface area (Å²) in [5, 5.41) is 19.3. The molecular weight excluding hydrogens is 840 g/mol. The highest BCUT2D eigenvalue weighted by Gasteiger charge is 2.27. The van der Waals surface area contributed by atoms with Gasteiger partial charge in [-0.2, -0.15) is 0 Å². The molecule has 3 atom stereocenters. The van der Waals surface area contributed by atoms with E-state index in [2.05, 4.69) is 98.9 Å². The van der Waals surface area contributed by atoms with Gasteiger partial charge >= 0.3 is 19.8 Å². The molecule has 3 unspecified atom stereocenters. The quantitative estimate of drug-likeness (QED) is 0.0233. The van der Waals surface area contributed by atoms with E-state index >= 15 is 0 Å². The number of ether oxygens (including phenoxy) is 2. The van der Waals surface area contributed by atoms with Crippen LogP contribution in [0.25, 0.3) is 0 Å². The van der Waals surface area contributed by atoms with E-state index in [1.165, 1.54) is 89.9 Å². The zero-order chi connectivity index (χ0) is 47.6. The third-order valence-corrected chi connectivity index (χ3v) is 11.5. The summed E-state index contributed by atoms with van der Waals surface area (Å²) in [6.45, 7) is 2.05. The molecule has 0 rings (SSSR count). The SMILES string of the molecule is CC/C=C\C/C=C\C/C=C\C/C=C\C/C=C\CCCCCC(=O)OC(CO)COP(=O)(O)OCC(CO)OC(=O)CCCCCCCCCCCCC/C=C\C/C=C\CCCCCCC. The van der Waals surface area contributed by atoms with Crippen LogP contribution in [0.5, 0.6) is 0 Å². The van der Waals surface area contributed by atoms with Crippen molar-refractivity contribution in [1.29, 1.82) is 0 Å². The third kappa shape index (κ3) is 47.4. The van der Waals surface area contributed by atoms with Crippen molar-refractivity contribution < 1.29 is 47.8 Å². The molecule has 0 amide bonds. The Hall–Kier alpha value is -2.85. The molecule has 0 spiro atoms. The van der Waals surface area contributed by atoms with Gasteiger partial charge in [-0.15, -0.1) is 0 Å². The van der Waals surface area contributed by atoms with Crippen LogP contribution in [-0.4, -0.2) is 65.7 Å². The Morgan fingerprint density at radius 2 is 0.723 bits per heavy atom. The van der Waals surface area contributed by atoms with E-state index in [-0.39, 0.29) is 12.8 Å². The standard InChI is InChI=1S/C54H93O10P/c1-3-5-7-9-11-13-15-17-19-21-23-24-25-26-28-30-32-34-36-38-40-42-44-46-54(58)64-52(48-56)50-62-65(59,60)61-49-51(47-55)63-53(57)45-43-41-39-37-35-33-31-29-27-22-20-18-16-14-12-10-8-6-4-2/h6,8,12,14-15,17-18,20-21,23,27,29,33,35,51-52,55-56H,3-5,7,9-11,13,16,19,22,24-26,28,30-32,34,36-50H2,1-2H3,(H,59,60)/b8-6-,14-12-,17-15-,20-18-,23-21-,29-27-,35-33-. The number of phosphoric acid groups is 1. The Balaban J connectivity index is 3.90. The second-order valence-corrected chi connectivity index (χ2v) is 18.2. The summed E-state index contributed by atoms with van der Waals surface area (Å²) in [5.41, 5.74) is 0. The Labute approximate surface area is 396 Å². The van der Waals surface area contributed by atoms with Crippen LogP contribution in [0.2, 0.25) is 0 Å². The zero-order valence-corrected chi connectivity index (χ0v) is 41.8. The van der Waals surface area contributed by atoms with Crippen molar-refractivity contribution in [3.8, 4) is 0 Å². The second-order valence-electron chi connectivity index (χ2n) is 16.8. The molecule has 0 radical (unpaired) electrons. The molecule has 65 heavy (non-hydrogen) atoms. The van der Waals surface area contributed by atoms with Crippen LogP contribution in [0, 0.1) is 0 Å². The highest BCUT2D eigenvalue weighted by atomic mass is 31.2. The van der Waals surface area contributed by atoms with E-state index in [9.17, 15) is 29.3 Å². The van der Waals surface area contributed by atoms with Crippen LogP contribution in [-0.2, 0) is 32.7 Å². The van der Waals surface area contributed by atoms with Gasteiger partial charge in [-0.1, -0.05) is 189 Å². The highest BCUT2D eigenvalue weighted by molar-refractivity contribution is 7.47. The molecule has 0 aliphatic heterocycles. The maximum Gasteiger partial charge on any atom is 0.472 e. The number of rotatable bonds is 47. The molecule has 0 saturated carbocycles.